The zero-order chi connectivity index (χ0) is 24.5. The fourth-order valence-corrected chi connectivity index (χ4v) is 3.49. The highest BCUT2D eigenvalue weighted by atomic mass is 127. The Morgan fingerprint density at radius 1 is 1.06 bits per heavy atom. The van der Waals surface area contributed by atoms with Crippen LogP contribution in [0.5, 0.6) is 11.5 Å². The van der Waals surface area contributed by atoms with E-state index >= 15 is 0 Å². The summed E-state index contributed by atoms with van der Waals surface area (Å²) in [6.07, 6.45) is -2.57. The smallest absolute Gasteiger partial charge is 0.434 e. The van der Waals surface area contributed by atoms with Crippen molar-refractivity contribution < 1.29 is 27.1 Å². The van der Waals surface area contributed by atoms with Crippen LogP contribution in [0.4, 0.5) is 29.1 Å². The van der Waals surface area contributed by atoms with E-state index in [0.29, 0.717) is 3.57 Å². The molecule has 0 bridgehead atoms. The molecule has 3 N–H and O–H groups in total. The summed E-state index contributed by atoms with van der Waals surface area (Å²) < 4.78 is 62.7. The quantitative estimate of drug-likeness (QED) is 0.234. The molecule has 0 spiro atoms. The summed E-state index contributed by atoms with van der Waals surface area (Å²) in [4.78, 5) is 20.2. The van der Waals surface area contributed by atoms with Gasteiger partial charge in [0, 0.05) is 29.7 Å². The number of carbonyl (C=O) groups is 1. The minimum atomic E-state index is -4.87. The fourth-order valence-electron chi connectivity index (χ4n) is 3.06. The van der Waals surface area contributed by atoms with Crippen LogP contribution in [0.2, 0.25) is 0 Å². The average molecular weight is 583 g/mol. The zero-order valence-corrected chi connectivity index (χ0v) is 19.1. The first-order valence-corrected chi connectivity index (χ1v) is 10.6. The summed E-state index contributed by atoms with van der Waals surface area (Å²) in [6, 6.07) is 12.6. The van der Waals surface area contributed by atoms with Crippen molar-refractivity contribution in [3.05, 3.63) is 87.9 Å². The molecule has 34 heavy (non-hydrogen) atoms. The highest BCUT2D eigenvalue weighted by Gasteiger charge is 2.40. The van der Waals surface area contributed by atoms with Gasteiger partial charge >= 0.3 is 6.18 Å². The Hall–Kier alpha value is -3.68. The third kappa shape index (κ3) is 4.81. The Morgan fingerprint density at radius 2 is 1.79 bits per heavy atom. The van der Waals surface area contributed by atoms with Gasteiger partial charge in [0.1, 0.15) is 17.9 Å². The molecular weight excluding hydrogens is 569 g/mol. The first-order valence-electron chi connectivity index (χ1n) is 9.54. The van der Waals surface area contributed by atoms with Gasteiger partial charge in [0.2, 0.25) is 0 Å². The van der Waals surface area contributed by atoms with E-state index in [1.807, 2.05) is 22.6 Å². The number of nitrogens with one attached hydrogen (secondary N) is 1. The number of nitrogens with zero attached hydrogens (tertiary/aromatic N) is 3. The summed E-state index contributed by atoms with van der Waals surface area (Å²) in [5.74, 6) is -1.70. The van der Waals surface area contributed by atoms with E-state index in [9.17, 15) is 22.4 Å². The third-order valence-electron chi connectivity index (χ3n) is 4.58. The molecule has 4 rings (SSSR count). The second-order valence-corrected chi connectivity index (χ2v) is 7.93. The molecule has 0 saturated heterocycles. The van der Waals surface area contributed by atoms with Crippen molar-refractivity contribution in [2.24, 2.45) is 0 Å². The highest BCUT2D eigenvalue weighted by molar-refractivity contribution is 14.1. The van der Waals surface area contributed by atoms with Crippen molar-refractivity contribution in [3.63, 3.8) is 0 Å². The summed E-state index contributed by atoms with van der Waals surface area (Å²) in [5.41, 5.74) is 3.70. The van der Waals surface area contributed by atoms with Gasteiger partial charge in [0.15, 0.2) is 23.0 Å². The molecule has 0 aliphatic rings. The second-order valence-electron chi connectivity index (χ2n) is 6.85. The summed E-state index contributed by atoms with van der Waals surface area (Å²) in [6.45, 7) is 0. The number of para-hydroxylation sites is 1. The summed E-state index contributed by atoms with van der Waals surface area (Å²) >= 11 is 1.90. The average Bonchev–Trinajstić information content (AvgIpc) is 3.25. The molecule has 7 nitrogen and oxygen atoms in total. The standard InChI is InChI=1S/C22H14F4IN5O2/c23-14-10-12(6-7-15(14)34-16-8-9-29-20(28)17(16)27)31-21(33)18-19(22(24,25)26)32(11-30-18)13-4-2-1-3-5-13/h1-11H,(H2,28,29)(H,31,33). The molecule has 12 heteroatoms. The first-order chi connectivity index (χ1) is 16.1. The summed E-state index contributed by atoms with van der Waals surface area (Å²) in [5, 5.41) is 2.25. The third-order valence-corrected chi connectivity index (χ3v) is 5.66. The van der Waals surface area contributed by atoms with Crippen molar-refractivity contribution in [1.29, 1.82) is 0 Å². The lowest BCUT2D eigenvalue weighted by Gasteiger charge is -2.13. The van der Waals surface area contributed by atoms with Crippen molar-refractivity contribution in [3.8, 4) is 17.2 Å². The minimum absolute atomic E-state index is 0.0822. The Bertz CT molecular complexity index is 1360. The number of ether oxygens (including phenoxy) is 1. The van der Waals surface area contributed by atoms with E-state index in [1.165, 1.54) is 36.5 Å². The molecule has 2 heterocycles. The normalized spacial score (nSPS) is 11.3. The number of imidazole rings is 1. The van der Waals surface area contributed by atoms with Gasteiger partial charge in [-0.1, -0.05) is 18.2 Å². The van der Waals surface area contributed by atoms with E-state index < -0.39 is 29.3 Å². The Morgan fingerprint density at radius 3 is 2.47 bits per heavy atom. The molecule has 1 amide bonds. The zero-order valence-electron chi connectivity index (χ0n) is 17.0. The number of alkyl halides is 3. The number of amides is 1. The lowest BCUT2D eigenvalue weighted by Crippen LogP contribution is -2.21. The largest absolute Gasteiger partial charge is 0.453 e. The number of anilines is 2. The number of nitrogen functional groups attached to an aromatic ring is 1. The van der Waals surface area contributed by atoms with Crippen LogP contribution < -0.4 is 15.8 Å². The number of nitrogens with two attached hydrogens (primary N) is 1. The van der Waals surface area contributed by atoms with Crippen LogP contribution in [0.25, 0.3) is 5.69 Å². The predicted octanol–water partition coefficient (Wildman–Crippen LogP) is 5.66. The van der Waals surface area contributed by atoms with Gasteiger partial charge in [-0.25, -0.2) is 14.4 Å². The van der Waals surface area contributed by atoms with Gasteiger partial charge in [-0.3, -0.25) is 9.36 Å². The van der Waals surface area contributed by atoms with Gasteiger partial charge in [0.25, 0.3) is 5.91 Å². The van der Waals surface area contributed by atoms with E-state index in [2.05, 4.69) is 15.3 Å². The fraction of sp³-hybridized carbons (Fsp3) is 0.0455. The van der Waals surface area contributed by atoms with Crippen LogP contribution in [0, 0.1) is 9.39 Å². The molecule has 0 fully saturated rings. The number of carbonyl (C=O) groups excluding carboxylic acids is 1. The lowest BCUT2D eigenvalue weighted by atomic mass is 10.2. The Labute approximate surface area is 203 Å². The van der Waals surface area contributed by atoms with Crippen LogP contribution in [-0.2, 0) is 6.18 Å². The molecule has 2 aromatic carbocycles. The van der Waals surface area contributed by atoms with Gasteiger partial charge in [-0.05, 0) is 46.9 Å². The molecule has 2 aromatic heterocycles. The molecule has 174 valence electrons. The number of pyridine rings is 1. The molecule has 0 aliphatic heterocycles. The molecule has 0 aliphatic carbocycles. The highest BCUT2D eigenvalue weighted by Crippen LogP contribution is 2.35. The van der Waals surface area contributed by atoms with E-state index in [1.54, 1.807) is 18.2 Å². The van der Waals surface area contributed by atoms with Gasteiger partial charge in [-0.2, -0.15) is 13.2 Å². The second kappa shape index (κ2) is 9.29. The SMILES string of the molecule is Nc1nccc(Oc2ccc(NC(=O)c3ncn(-c4ccccc4)c3C(F)(F)F)cc2F)c1I. The van der Waals surface area contributed by atoms with Gasteiger partial charge < -0.3 is 15.8 Å². The topological polar surface area (TPSA) is 95.1 Å². The van der Waals surface area contributed by atoms with Crippen LogP contribution in [-0.4, -0.2) is 20.4 Å². The van der Waals surface area contributed by atoms with Crippen molar-refractivity contribution in [2.45, 2.75) is 6.18 Å². The van der Waals surface area contributed by atoms with Crippen LogP contribution in [0.15, 0.2) is 67.1 Å². The number of rotatable bonds is 5. The van der Waals surface area contributed by atoms with Crippen molar-refractivity contribution in [2.75, 3.05) is 11.1 Å². The number of aromatic nitrogens is 3. The molecule has 0 unspecified atom stereocenters. The Kier molecular flexibility index (Phi) is 6.41. The predicted molar refractivity (Wildman–Crippen MR) is 124 cm³/mol. The van der Waals surface area contributed by atoms with E-state index in [4.69, 9.17) is 10.5 Å². The minimum Gasteiger partial charge on any atom is -0.453 e. The number of halogens is 5. The monoisotopic (exact) mass is 583 g/mol. The van der Waals surface area contributed by atoms with Gasteiger partial charge in [0.05, 0.1) is 3.57 Å². The van der Waals surface area contributed by atoms with Crippen LogP contribution in [0.1, 0.15) is 16.2 Å². The van der Waals surface area contributed by atoms with E-state index in [0.717, 1.165) is 17.0 Å². The molecular formula is C22H14F4IN5O2. The number of benzene rings is 2. The maximum atomic E-state index is 14.6. The molecule has 0 atom stereocenters. The van der Waals surface area contributed by atoms with Crippen molar-refractivity contribution in [1.82, 2.24) is 14.5 Å². The molecule has 0 radical (unpaired) electrons. The maximum Gasteiger partial charge on any atom is 0.434 e. The lowest BCUT2D eigenvalue weighted by molar-refractivity contribution is -0.142. The van der Waals surface area contributed by atoms with Gasteiger partial charge in [-0.15, -0.1) is 0 Å². The van der Waals surface area contributed by atoms with E-state index in [-0.39, 0.29) is 28.7 Å². The summed E-state index contributed by atoms with van der Waals surface area (Å²) in [7, 11) is 0. The number of hydrogen-bond acceptors (Lipinski definition) is 5. The van der Waals surface area contributed by atoms with Crippen LogP contribution >= 0.6 is 22.6 Å². The maximum absolute atomic E-state index is 14.6. The van der Waals surface area contributed by atoms with Crippen molar-refractivity contribution >= 4 is 40.0 Å². The van der Waals surface area contributed by atoms with Crippen LogP contribution in [0.3, 0.4) is 0 Å². The first kappa shape index (κ1) is 23.5. The molecule has 4 aromatic rings. The molecule has 0 saturated carbocycles. The Balaban J connectivity index is 1.59. The number of hydrogen-bond donors (Lipinski definition) is 2.